The summed E-state index contributed by atoms with van der Waals surface area (Å²) in [7, 11) is 0. The van der Waals surface area contributed by atoms with E-state index < -0.39 is 11.7 Å². The highest BCUT2D eigenvalue weighted by atomic mass is 35.5. The fraction of sp³-hybridized carbons (Fsp3) is 0.0435. The number of halogens is 2. The van der Waals surface area contributed by atoms with Crippen molar-refractivity contribution in [1.82, 2.24) is 0 Å². The van der Waals surface area contributed by atoms with E-state index in [9.17, 15) is 14.4 Å². The molecule has 0 unspecified atom stereocenters. The zero-order valence-corrected chi connectivity index (χ0v) is 16.0. The van der Waals surface area contributed by atoms with Gasteiger partial charge in [-0.2, -0.15) is 5.26 Å². The molecule has 0 aromatic heterocycles. The van der Waals surface area contributed by atoms with Gasteiger partial charge in [0.05, 0.1) is 0 Å². The Morgan fingerprint density at radius 2 is 1.69 bits per heavy atom. The van der Waals surface area contributed by atoms with E-state index in [0.29, 0.717) is 28.6 Å². The second-order valence-electron chi connectivity index (χ2n) is 6.12. The lowest BCUT2D eigenvalue weighted by atomic mass is 10.1. The predicted molar refractivity (Wildman–Crippen MR) is 111 cm³/mol. The minimum absolute atomic E-state index is 0.0656. The molecule has 0 atom stereocenters. The summed E-state index contributed by atoms with van der Waals surface area (Å²) < 4.78 is 18.7. The molecule has 1 amide bonds. The Bertz CT molecular complexity index is 1050. The fourth-order valence-electron chi connectivity index (χ4n) is 2.45. The SMILES string of the molecule is N#C/C(=C\c1ccc(OCc2ccc(Cl)cc2)cc1)C(=O)Nc1ccc(F)cc1. The standard InChI is InChI=1S/C23H16ClFN2O2/c24-19-5-1-17(2-6-19)15-29-22-11-3-16(4-12-22)13-18(14-26)23(28)27-21-9-7-20(25)8-10-21/h1-13H,15H2,(H,27,28)/b18-13+. The molecule has 0 saturated heterocycles. The molecule has 1 N–H and O–H groups in total. The van der Waals surface area contributed by atoms with Crippen LogP contribution in [0.3, 0.4) is 0 Å². The van der Waals surface area contributed by atoms with Gasteiger partial charge < -0.3 is 10.1 Å². The molecule has 0 spiro atoms. The molecule has 0 radical (unpaired) electrons. The van der Waals surface area contributed by atoms with Crippen LogP contribution in [0.1, 0.15) is 11.1 Å². The van der Waals surface area contributed by atoms with Crippen molar-refractivity contribution >= 4 is 29.3 Å². The molecular formula is C23H16ClFN2O2. The number of ether oxygens (including phenoxy) is 1. The maximum atomic E-state index is 12.9. The fourth-order valence-corrected chi connectivity index (χ4v) is 2.58. The van der Waals surface area contributed by atoms with Crippen LogP contribution in [-0.4, -0.2) is 5.91 Å². The summed E-state index contributed by atoms with van der Waals surface area (Å²) in [5.74, 6) is -0.314. The number of rotatable bonds is 6. The number of benzene rings is 3. The first-order chi connectivity index (χ1) is 14.0. The largest absolute Gasteiger partial charge is 0.489 e. The Morgan fingerprint density at radius 3 is 2.31 bits per heavy atom. The highest BCUT2D eigenvalue weighted by Gasteiger charge is 2.09. The second kappa shape index (κ2) is 9.54. The molecule has 144 valence electrons. The molecule has 0 aliphatic heterocycles. The van der Waals surface area contributed by atoms with E-state index in [1.54, 1.807) is 36.4 Å². The number of carbonyl (C=O) groups is 1. The summed E-state index contributed by atoms with van der Waals surface area (Å²) in [4.78, 5) is 12.3. The summed E-state index contributed by atoms with van der Waals surface area (Å²) in [6.45, 7) is 0.399. The van der Waals surface area contributed by atoms with E-state index in [1.807, 2.05) is 18.2 Å². The first kappa shape index (κ1) is 20.1. The maximum Gasteiger partial charge on any atom is 0.266 e. The molecule has 0 saturated carbocycles. The first-order valence-corrected chi connectivity index (χ1v) is 9.07. The van der Waals surface area contributed by atoms with E-state index in [0.717, 1.165) is 5.56 Å². The number of carbonyl (C=O) groups excluding carboxylic acids is 1. The van der Waals surface area contributed by atoms with E-state index in [1.165, 1.54) is 30.3 Å². The number of amides is 1. The van der Waals surface area contributed by atoms with E-state index in [2.05, 4.69) is 5.32 Å². The van der Waals surface area contributed by atoms with Gasteiger partial charge in [0.25, 0.3) is 5.91 Å². The number of hydrogen-bond donors (Lipinski definition) is 1. The molecule has 0 fully saturated rings. The third-order valence-corrected chi connectivity index (χ3v) is 4.23. The molecule has 0 aliphatic carbocycles. The average molecular weight is 407 g/mol. The molecule has 29 heavy (non-hydrogen) atoms. The zero-order chi connectivity index (χ0) is 20.6. The number of hydrogen-bond acceptors (Lipinski definition) is 3. The summed E-state index contributed by atoms with van der Waals surface area (Å²) in [5.41, 5.74) is 2.00. The summed E-state index contributed by atoms with van der Waals surface area (Å²) in [6.07, 6.45) is 1.47. The lowest BCUT2D eigenvalue weighted by molar-refractivity contribution is -0.112. The van der Waals surface area contributed by atoms with Gasteiger partial charge >= 0.3 is 0 Å². The summed E-state index contributed by atoms with van der Waals surface area (Å²) in [5, 5.41) is 12.5. The topological polar surface area (TPSA) is 62.1 Å². The molecule has 3 rings (SSSR count). The van der Waals surface area contributed by atoms with Gasteiger partial charge in [-0.3, -0.25) is 4.79 Å². The molecule has 0 bridgehead atoms. The molecule has 0 heterocycles. The molecule has 3 aromatic carbocycles. The molecule has 3 aromatic rings. The van der Waals surface area contributed by atoms with Crippen molar-refractivity contribution in [2.75, 3.05) is 5.32 Å². The maximum absolute atomic E-state index is 12.9. The van der Waals surface area contributed by atoms with Gasteiger partial charge in [0.2, 0.25) is 0 Å². The van der Waals surface area contributed by atoms with Crippen LogP contribution in [0.15, 0.2) is 78.4 Å². The van der Waals surface area contributed by atoms with Gasteiger partial charge in [-0.15, -0.1) is 0 Å². The monoisotopic (exact) mass is 406 g/mol. The third kappa shape index (κ3) is 5.93. The Labute approximate surface area is 172 Å². The van der Waals surface area contributed by atoms with Crippen molar-refractivity contribution in [3.63, 3.8) is 0 Å². The predicted octanol–water partition coefficient (Wildman–Crippen LogP) is 5.60. The smallest absolute Gasteiger partial charge is 0.266 e. The van der Waals surface area contributed by atoms with Crippen LogP contribution in [0.2, 0.25) is 5.02 Å². The van der Waals surface area contributed by atoms with Gasteiger partial charge in [-0.25, -0.2) is 4.39 Å². The van der Waals surface area contributed by atoms with Crippen molar-refractivity contribution in [2.45, 2.75) is 6.61 Å². The van der Waals surface area contributed by atoms with Crippen LogP contribution >= 0.6 is 11.6 Å². The Balaban J connectivity index is 1.63. The highest BCUT2D eigenvalue weighted by Crippen LogP contribution is 2.18. The van der Waals surface area contributed by atoms with Gasteiger partial charge in [-0.05, 0) is 65.7 Å². The van der Waals surface area contributed by atoms with Gasteiger partial charge in [0.15, 0.2) is 0 Å². The van der Waals surface area contributed by atoms with Crippen LogP contribution in [-0.2, 0) is 11.4 Å². The van der Waals surface area contributed by atoms with Crippen LogP contribution in [0, 0.1) is 17.1 Å². The molecular weight excluding hydrogens is 391 g/mol. The van der Waals surface area contributed by atoms with E-state index in [4.69, 9.17) is 16.3 Å². The lowest BCUT2D eigenvalue weighted by Crippen LogP contribution is -2.13. The van der Waals surface area contributed by atoms with Crippen LogP contribution in [0.4, 0.5) is 10.1 Å². The second-order valence-corrected chi connectivity index (χ2v) is 6.55. The minimum Gasteiger partial charge on any atom is -0.489 e. The highest BCUT2D eigenvalue weighted by molar-refractivity contribution is 6.30. The minimum atomic E-state index is -0.567. The number of nitrogens with one attached hydrogen (secondary N) is 1. The average Bonchev–Trinajstić information content (AvgIpc) is 2.74. The van der Waals surface area contributed by atoms with Crippen molar-refractivity contribution in [1.29, 1.82) is 5.26 Å². The van der Waals surface area contributed by atoms with Crippen molar-refractivity contribution in [3.05, 3.63) is 100 Å². The van der Waals surface area contributed by atoms with E-state index in [-0.39, 0.29) is 5.57 Å². The number of anilines is 1. The van der Waals surface area contributed by atoms with Crippen LogP contribution in [0.5, 0.6) is 5.75 Å². The molecule has 6 heteroatoms. The number of nitrogens with zero attached hydrogens (tertiary/aromatic N) is 1. The van der Waals surface area contributed by atoms with Crippen molar-refractivity contribution in [3.8, 4) is 11.8 Å². The molecule has 4 nitrogen and oxygen atoms in total. The first-order valence-electron chi connectivity index (χ1n) is 8.69. The zero-order valence-electron chi connectivity index (χ0n) is 15.2. The quantitative estimate of drug-likeness (QED) is 0.428. The number of nitriles is 1. The van der Waals surface area contributed by atoms with Crippen molar-refractivity contribution < 1.29 is 13.9 Å². The summed E-state index contributed by atoms with van der Waals surface area (Å²) in [6, 6.07) is 21.6. The summed E-state index contributed by atoms with van der Waals surface area (Å²) >= 11 is 5.86. The van der Waals surface area contributed by atoms with E-state index >= 15 is 0 Å². The Morgan fingerprint density at radius 1 is 1.03 bits per heavy atom. The van der Waals surface area contributed by atoms with Gasteiger partial charge in [0, 0.05) is 10.7 Å². The van der Waals surface area contributed by atoms with Gasteiger partial charge in [0.1, 0.15) is 29.8 Å². The lowest BCUT2D eigenvalue weighted by Gasteiger charge is -2.07. The van der Waals surface area contributed by atoms with Crippen LogP contribution < -0.4 is 10.1 Å². The third-order valence-electron chi connectivity index (χ3n) is 3.98. The Kier molecular flexibility index (Phi) is 6.62. The normalized spacial score (nSPS) is 10.9. The van der Waals surface area contributed by atoms with Crippen LogP contribution in [0.25, 0.3) is 6.08 Å². The van der Waals surface area contributed by atoms with Crippen molar-refractivity contribution in [2.24, 2.45) is 0 Å². The molecule has 0 aliphatic rings. The Hall–Kier alpha value is -3.62. The van der Waals surface area contributed by atoms with Gasteiger partial charge in [-0.1, -0.05) is 35.9 Å².